The minimum absolute atomic E-state index is 0.00408. The van der Waals surface area contributed by atoms with Crippen LogP contribution in [-0.2, 0) is 31.7 Å². The molecule has 0 saturated carbocycles. The number of rotatable bonds is 6. The van der Waals surface area contributed by atoms with Gasteiger partial charge in [-0.15, -0.1) is 0 Å². The van der Waals surface area contributed by atoms with Gasteiger partial charge in [0.2, 0.25) is 11.9 Å². The molecule has 4 aromatic heterocycles. The average molecular weight is 644 g/mol. The first-order valence-corrected chi connectivity index (χ1v) is 17.6. The Kier molecular flexibility index (Phi) is 8.47. The number of hydrogen-bond donors (Lipinski definition) is 4. The van der Waals surface area contributed by atoms with E-state index in [1.54, 1.807) is 24.2 Å². The molecule has 0 amide bonds. The Morgan fingerprint density at radius 1 is 0.976 bits per heavy atom. The molecule has 0 bridgehead atoms. The summed E-state index contributed by atoms with van der Waals surface area (Å²) in [4.78, 5) is 54.2. The molecule has 2 unspecified atom stereocenters. The molecule has 17 nitrogen and oxygen atoms in total. The van der Waals surface area contributed by atoms with Crippen molar-refractivity contribution < 1.29 is 28.4 Å². The first kappa shape index (κ1) is 30.5. The van der Waals surface area contributed by atoms with Crippen LogP contribution in [0, 0.1) is 0 Å². The zero-order valence-electron chi connectivity index (χ0n) is 22.7. The van der Waals surface area contributed by atoms with Gasteiger partial charge in [0.05, 0.1) is 38.0 Å². The molecule has 0 aromatic carbocycles. The van der Waals surface area contributed by atoms with Crippen LogP contribution in [0.25, 0.3) is 22.3 Å². The van der Waals surface area contributed by atoms with Crippen LogP contribution in [0.2, 0.25) is 5.15 Å². The lowest BCUT2D eigenvalue weighted by Crippen LogP contribution is -2.21. The van der Waals surface area contributed by atoms with E-state index < -0.39 is 32.2 Å². The van der Waals surface area contributed by atoms with Crippen LogP contribution in [0.5, 0.6) is 0 Å². The molecule has 6 rings (SSSR count). The Balaban J connectivity index is 0.000000168. The Morgan fingerprint density at radius 2 is 1.52 bits per heavy atom. The van der Waals surface area contributed by atoms with Gasteiger partial charge in [-0.1, -0.05) is 11.6 Å². The van der Waals surface area contributed by atoms with Crippen LogP contribution >= 0.6 is 26.3 Å². The lowest BCUT2D eigenvalue weighted by atomic mass is 10.2. The van der Waals surface area contributed by atoms with E-state index in [9.17, 15) is 18.8 Å². The fraction of sp³-hybridized carbons (Fsp3) is 0.545. The number of halogens is 1. The predicted molar refractivity (Wildman–Crippen MR) is 152 cm³/mol. The van der Waals surface area contributed by atoms with E-state index in [2.05, 4.69) is 29.9 Å². The quantitative estimate of drug-likeness (QED) is 0.168. The van der Waals surface area contributed by atoms with E-state index in [4.69, 9.17) is 37.4 Å². The Hall–Kier alpha value is -2.91. The summed E-state index contributed by atoms with van der Waals surface area (Å²) in [6.45, 7) is 4.38. The Labute approximate surface area is 243 Å². The van der Waals surface area contributed by atoms with Crippen molar-refractivity contribution in [2.24, 2.45) is 0 Å². The van der Waals surface area contributed by atoms with E-state index in [-0.39, 0.29) is 47.5 Å². The third-order valence-corrected chi connectivity index (χ3v) is 10.1. The second-order valence-corrected chi connectivity index (χ2v) is 16.0. The number of nitrogens with one attached hydrogen (secondary N) is 1. The number of hydrogen-bond acceptors (Lipinski definition) is 13. The summed E-state index contributed by atoms with van der Waals surface area (Å²) in [6.07, 6.45) is 5.03. The largest absolute Gasteiger partial charge is 0.777 e. The molecule has 2 saturated heterocycles. The van der Waals surface area contributed by atoms with Crippen molar-refractivity contribution in [3.05, 3.63) is 28.2 Å². The highest BCUT2D eigenvalue weighted by atomic mass is 35.5. The molecule has 2 fully saturated rings. The highest BCUT2D eigenvalue weighted by molar-refractivity contribution is 7.62. The fourth-order valence-corrected chi connectivity index (χ4v) is 7.20. The van der Waals surface area contributed by atoms with Gasteiger partial charge >= 0.3 is 0 Å². The van der Waals surface area contributed by atoms with E-state index in [0.29, 0.717) is 29.8 Å². The van der Waals surface area contributed by atoms with E-state index in [1.165, 1.54) is 6.33 Å². The van der Waals surface area contributed by atoms with Gasteiger partial charge in [-0.05, 0) is 39.0 Å². The maximum atomic E-state index is 12.1. The van der Waals surface area contributed by atoms with Crippen LogP contribution in [-0.4, -0.2) is 81.2 Å². The van der Waals surface area contributed by atoms with Crippen LogP contribution in [0.1, 0.15) is 25.7 Å². The van der Waals surface area contributed by atoms with Crippen molar-refractivity contribution in [2.45, 2.75) is 62.7 Å². The molecule has 0 spiro atoms. The van der Waals surface area contributed by atoms with Gasteiger partial charge in [0, 0.05) is 0 Å². The molecule has 4 aromatic rings. The number of fused-ring (bicyclic) bond motifs is 2. The molecule has 6 heterocycles. The normalized spacial score (nSPS) is 24.1. The molecular weight excluding hydrogens is 614 g/mol. The van der Waals surface area contributed by atoms with Crippen molar-refractivity contribution in [3.63, 3.8) is 0 Å². The SMILES string of the molecule is CP(C)(=O)[C@H]1CC[C@H](Cn2cnc3c(Cl)nc(N)nc32)O1.Nc1nc2c(ncn2C[C@H]2CCC(P(=O)([O-])O)O2)c(=O)[nH]1. The van der Waals surface area contributed by atoms with E-state index >= 15 is 0 Å². The molecule has 20 heteroatoms. The van der Waals surface area contributed by atoms with Gasteiger partial charge < -0.3 is 49.0 Å². The van der Waals surface area contributed by atoms with Crippen LogP contribution in [0.15, 0.2) is 17.4 Å². The summed E-state index contributed by atoms with van der Waals surface area (Å²) in [5.74, 6) is -1.25. The predicted octanol–water partition coefficient (Wildman–Crippen LogP) is 0.942. The van der Waals surface area contributed by atoms with Gasteiger partial charge in [-0.2, -0.15) is 15.0 Å². The maximum absolute atomic E-state index is 12.1. The fourth-order valence-electron chi connectivity index (χ4n) is 4.94. The third-order valence-electron chi connectivity index (χ3n) is 6.96. The molecular formula is C22H30ClN10O7P2-. The minimum Gasteiger partial charge on any atom is -0.777 e. The number of H-pyrrole nitrogens is 1. The monoisotopic (exact) mass is 643 g/mol. The molecule has 2 aliphatic rings. The number of nitrogens with two attached hydrogens (primary N) is 2. The molecule has 6 N–H and O–H groups in total. The van der Waals surface area contributed by atoms with Crippen LogP contribution < -0.4 is 21.9 Å². The second-order valence-electron chi connectivity index (χ2n) is 10.5. The Morgan fingerprint density at radius 3 is 2.07 bits per heavy atom. The molecule has 0 radical (unpaired) electrons. The third kappa shape index (κ3) is 6.67. The molecule has 2 aliphatic heterocycles. The standard InChI is InChI=1S/C12H17ClN5O2P.C10H14N5O5P/c1-21(2,19)8-4-3-7(20-8)5-18-6-15-9-10(13)16-12(14)17-11(9)18;11-10-13-8-7(9(16)14-10)12-4-15(8)3-5-1-2-6(20-5)21(17,18)19/h6-8H,3-5H2,1-2H3,(H2,14,16,17);4-6H,1-3H2,(H2,17,18,19)(H3,11,13,14,16)/p-1/t7-,8+;5-,6?/m11/s1. The van der Waals surface area contributed by atoms with Gasteiger partial charge in [0.15, 0.2) is 29.6 Å². The number of nitrogens with zero attached hydrogens (tertiary/aromatic N) is 7. The molecule has 5 atom stereocenters. The molecule has 228 valence electrons. The number of anilines is 2. The van der Waals surface area contributed by atoms with Gasteiger partial charge in [-0.25, -0.2) is 9.97 Å². The summed E-state index contributed by atoms with van der Waals surface area (Å²) in [6, 6.07) is 0. The zero-order chi connectivity index (χ0) is 30.4. The number of nitrogen functional groups attached to an aromatic ring is 2. The first-order chi connectivity index (χ1) is 19.7. The number of aromatic amines is 1. The van der Waals surface area contributed by atoms with Crippen LogP contribution in [0.3, 0.4) is 0 Å². The summed E-state index contributed by atoms with van der Waals surface area (Å²) in [5.41, 5.74) is 12.2. The van der Waals surface area contributed by atoms with E-state index in [0.717, 1.165) is 12.8 Å². The summed E-state index contributed by atoms with van der Waals surface area (Å²) in [5, 5.41) is 0.244. The summed E-state index contributed by atoms with van der Waals surface area (Å²) in [7, 11) is -6.71. The molecule has 0 aliphatic carbocycles. The first-order valence-electron chi connectivity index (χ1n) is 12.9. The molecule has 42 heavy (non-hydrogen) atoms. The lowest BCUT2D eigenvalue weighted by molar-refractivity contribution is -0.204. The van der Waals surface area contributed by atoms with Gasteiger partial charge in [0.1, 0.15) is 24.3 Å². The average Bonchev–Trinajstić information content (AvgIpc) is 3.67. The van der Waals surface area contributed by atoms with Gasteiger partial charge in [0.25, 0.3) is 5.56 Å². The highest BCUT2D eigenvalue weighted by Crippen LogP contribution is 2.49. The summed E-state index contributed by atoms with van der Waals surface area (Å²) >= 11 is 6.00. The maximum Gasteiger partial charge on any atom is 0.280 e. The Bertz CT molecular complexity index is 1770. The number of aromatic nitrogens is 8. The highest BCUT2D eigenvalue weighted by Gasteiger charge is 2.34. The smallest absolute Gasteiger partial charge is 0.280 e. The zero-order valence-corrected chi connectivity index (χ0v) is 25.2. The number of ether oxygens (including phenoxy) is 2. The van der Waals surface area contributed by atoms with Crippen molar-refractivity contribution in [2.75, 3.05) is 24.8 Å². The lowest BCUT2D eigenvalue weighted by Gasteiger charge is -2.23. The second kappa shape index (κ2) is 11.6. The summed E-state index contributed by atoms with van der Waals surface area (Å²) < 4.78 is 37.7. The number of imidazole rings is 2. The van der Waals surface area contributed by atoms with E-state index in [1.807, 2.05) is 4.57 Å². The van der Waals surface area contributed by atoms with Crippen molar-refractivity contribution >= 4 is 60.6 Å². The van der Waals surface area contributed by atoms with Crippen LogP contribution in [0.4, 0.5) is 11.9 Å². The van der Waals surface area contributed by atoms with Gasteiger partial charge in [-0.3, -0.25) is 9.78 Å². The van der Waals surface area contributed by atoms with Crippen molar-refractivity contribution in [1.29, 1.82) is 0 Å². The topological polar surface area (TPSA) is 255 Å². The van der Waals surface area contributed by atoms with Crippen molar-refractivity contribution in [1.82, 2.24) is 39.0 Å². The minimum atomic E-state index is -4.49. The van der Waals surface area contributed by atoms with Crippen molar-refractivity contribution in [3.8, 4) is 0 Å².